The van der Waals surface area contributed by atoms with Crippen molar-refractivity contribution in [3.05, 3.63) is 72.6 Å². The molecular weight excluding hydrogens is 397 g/mol. The van der Waals surface area contributed by atoms with E-state index in [2.05, 4.69) is 23.5 Å². The zero-order valence-corrected chi connectivity index (χ0v) is 17.2. The van der Waals surface area contributed by atoms with Crippen LogP contribution in [0.3, 0.4) is 0 Å². The summed E-state index contributed by atoms with van der Waals surface area (Å²) in [6, 6.07) is 6.09. The van der Waals surface area contributed by atoms with Crippen LogP contribution in [0, 0.1) is 11.2 Å². The van der Waals surface area contributed by atoms with Crippen LogP contribution in [0.4, 0.5) is 13.2 Å². The van der Waals surface area contributed by atoms with E-state index >= 15 is 0 Å². The summed E-state index contributed by atoms with van der Waals surface area (Å²) < 4.78 is 42.7. The number of hydrogen-bond donors (Lipinski definition) is 1. The zero-order valence-electron chi connectivity index (χ0n) is 16.3. The Morgan fingerprint density at radius 3 is 2.52 bits per heavy atom. The molecule has 29 heavy (non-hydrogen) atoms. The van der Waals surface area contributed by atoms with Crippen molar-refractivity contribution in [3.8, 4) is 0 Å². The second-order valence-corrected chi connectivity index (χ2v) is 8.94. The molecule has 7 heteroatoms. The van der Waals surface area contributed by atoms with E-state index in [0.717, 1.165) is 0 Å². The Labute approximate surface area is 172 Å². The maximum Gasteiger partial charge on any atom is 0.257 e. The van der Waals surface area contributed by atoms with E-state index in [-0.39, 0.29) is 28.8 Å². The Morgan fingerprint density at radius 2 is 1.97 bits per heavy atom. The number of carbonyl (C=O) groups excluding carboxylic acids is 1. The lowest BCUT2D eigenvalue weighted by Gasteiger charge is -2.60. The quantitative estimate of drug-likeness (QED) is 0.526. The smallest absolute Gasteiger partial charge is 0.257 e. The van der Waals surface area contributed by atoms with Gasteiger partial charge in [-0.1, -0.05) is 68.3 Å². The minimum absolute atomic E-state index is 0.250. The number of alkyl halides is 2. The lowest BCUT2D eigenvalue weighted by Crippen LogP contribution is -2.63. The molecule has 0 aromatic heterocycles. The average molecular weight is 421 g/mol. The summed E-state index contributed by atoms with van der Waals surface area (Å²) in [5.41, 5.74) is -1.63. The highest BCUT2D eigenvalue weighted by molar-refractivity contribution is 8.14. The number of halogens is 3. The molecule has 0 unspecified atom stereocenters. The van der Waals surface area contributed by atoms with E-state index in [0.29, 0.717) is 5.57 Å². The molecule has 1 aliphatic heterocycles. The third-order valence-electron chi connectivity index (χ3n) is 5.91. The lowest BCUT2D eigenvalue weighted by atomic mass is 9.52. The van der Waals surface area contributed by atoms with Crippen molar-refractivity contribution in [2.75, 3.05) is 0 Å². The molecule has 0 bridgehead atoms. The van der Waals surface area contributed by atoms with Gasteiger partial charge in [-0.25, -0.2) is 13.2 Å². The first-order valence-corrected chi connectivity index (χ1v) is 10.1. The van der Waals surface area contributed by atoms with E-state index in [1.165, 1.54) is 36.1 Å². The van der Waals surface area contributed by atoms with E-state index in [4.69, 9.17) is 0 Å². The standard InChI is InChI=1S/C22H23F3N2OS/c1-5-9-15(6-2)18(28)26-19-27-20(4,16-10-7-8-11-17(16)23)21(14(3)29-19)12-22(24,25)13-21/h5-11,14H,1-2,12-13H2,3-4H3,(H,26,27,28)/b15-9+/t14-,20-/m1/s1. The van der Waals surface area contributed by atoms with Crippen molar-refractivity contribution >= 4 is 22.8 Å². The number of rotatable bonds is 4. The summed E-state index contributed by atoms with van der Waals surface area (Å²) >= 11 is 1.22. The number of carbonyl (C=O) groups is 1. The van der Waals surface area contributed by atoms with Gasteiger partial charge in [-0.3, -0.25) is 9.79 Å². The first kappa shape index (κ1) is 21.4. The van der Waals surface area contributed by atoms with E-state index in [1.54, 1.807) is 25.1 Å². The maximum atomic E-state index is 14.7. The zero-order chi connectivity index (χ0) is 21.4. The van der Waals surface area contributed by atoms with E-state index < -0.39 is 28.6 Å². The number of nitrogens with zero attached hydrogens (tertiary/aromatic N) is 1. The number of hydrogen-bond acceptors (Lipinski definition) is 3. The van der Waals surface area contributed by atoms with Crippen LogP contribution in [-0.2, 0) is 10.3 Å². The first-order chi connectivity index (χ1) is 13.6. The highest BCUT2D eigenvalue weighted by atomic mass is 32.2. The van der Waals surface area contributed by atoms with Crippen molar-refractivity contribution in [2.24, 2.45) is 10.4 Å². The predicted octanol–water partition coefficient (Wildman–Crippen LogP) is 5.36. The third-order valence-corrected chi connectivity index (χ3v) is 7.13. The van der Waals surface area contributed by atoms with Crippen molar-refractivity contribution < 1.29 is 18.0 Å². The maximum absolute atomic E-state index is 14.7. The molecule has 1 spiro atoms. The summed E-state index contributed by atoms with van der Waals surface area (Å²) in [5.74, 6) is -3.75. The van der Waals surface area contributed by atoms with Gasteiger partial charge in [0.15, 0.2) is 5.17 Å². The molecule has 2 atom stereocenters. The minimum atomic E-state index is -2.81. The highest BCUT2D eigenvalue weighted by Crippen LogP contribution is 2.67. The molecule has 1 saturated carbocycles. The van der Waals surface area contributed by atoms with Gasteiger partial charge in [0.2, 0.25) is 5.92 Å². The molecule has 1 aromatic carbocycles. The van der Waals surface area contributed by atoms with Crippen LogP contribution in [0.1, 0.15) is 32.3 Å². The number of allylic oxidation sites excluding steroid dienone is 2. The van der Waals surface area contributed by atoms with Gasteiger partial charge in [-0.05, 0) is 13.0 Å². The van der Waals surface area contributed by atoms with Crippen LogP contribution in [0.25, 0.3) is 0 Å². The van der Waals surface area contributed by atoms with Crippen LogP contribution < -0.4 is 5.32 Å². The molecule has 154 valence electrons. The highest BCUT2D eigenvalue weighted by Gasteiger charge is 2.69. The SMILES string of the molecule is C=C/C=C(\C=C)C(=O)NC1=N[C@](C)(c2ccccc2F)C2(CC(F)(F)C2)[C@@H](C)S1. The van der Waals surface area contributed by atoms with E-state index in [9.17, 15) is 18.0 Å². The Morgan fingerprint density at radius 1 is 1.31 bits per heavy atom. The van der Waals surface area contributed by atoms with E-state index in [1.807, 2.05) is 6.92 Å². The molecule has 3 nitrogen and oxygen atoms in total. The summed E-state index contributed by atoms with van der Waals surface area (Å²) in [4.78, 5) is 17.2. The summed E-state index contributed by atoms with van der Waals surface area (Å²) in [5, 5.41) is 2.67. The third kappa shape index (κ3) is 3.56. The fourth-order valence-corrected chi connectivity index (χ4v) is 5.64. The van der Waals surface area contributed by atoms with Crippen LogP contribution in [0.5, 0.6) is 0 Å². The van der Waals surface area contributed by atoms with Gasteiger partial charge in [-0.2, -0.15) is 0 Å². The predicted molar refractivity (Wildman–Crippen MR) is 111 cm³/mol. The van der Waals surface area contributed by atoms with Crippen LogP contribution >= 0.6 is 11.8 Å². The van der Waals surface area contributed by atoms with Gasteiger partial charge in [0.25, 0.3) is 5.91 Å². The van der Waals surface area contributed by atoms with Gasteiger partial charge in [0.1, 0.15) is 5.82 Å². The second kappa shape index (κ2) is 7.52. The Hall–Kier alpha value is -2.28. The Balaban J connectivity index is 2.07. The van der Waals surface area contributed by atoms with Gasteiger partial charge in [0.05, 0.1) is 5.54 Å². The molecule has 0 radical (unpaired) electrons. The summed E-state index contributed by atoms with van der Waals surface area (Å²) in [6.45, 7) is 10.7. The number of thioether (sulfide) groups is 1. The molecule has 1 heterocycles. The largest absolute Gasteiger partial charge is 0.301 e. The topological polar surface area (TPSA) is 41.5 Å². The summed E-state index contributed by atoms with van der Waals surface area (Å²) in [7, 11) is 0. The second-order valence-electron chi connectivity index (χ2n) is 7.61. The number of aliphatic imine (C=N–C) groups is 1. The fraction of sp³-hybridized carbons (Fsp3) is 0.364. The minimum Gasteiger partial charge on any atom is -0.301 e. The lowest BCUT2D eigenvalue weighted by molar-refractivity contribution is -0.188. The van der Waals surface area contributed by atoms with Gasteiger partial charge in [0, 0.05) is 34.6 Å². The van der Waals surface area contributed by atoms with Crippen molar-refractivity contribution in [1.29, 1.82) is 0 Å². The molecule has 1 N–H and O–H groups in total. The molecular formula is C22H23F3N2OS. The van der Waals surface area contributed by atoms with Gasteiger partial charge < -0.3 is 5.32 Å². The molecule has 1 aromatic rings. The number of amides is 1. The van der Waals surface area contributed by atoms with Gasteiger partial charge >= 0.3 is 0 Å². The van der Waals surface area contributed by atoms with Crippen molar-refractivity contribution in [3.63, 3.8) is 0 Å². The molecule has 1 fully saturated rings. The number of nitrogens with one attached hydrogen (secondary N) is 1. The normalized spacial score (nSPS) is 27.6. The van der Waals surface area contributed by atoms with Crippen LogP contribution in [0.2, 0.25) is 0 Å². The van der Waals surface area contributed by atoms with Crippen molar-refractivity contribution in [2.45, 2.75) is 43.4 Å². The monoisotopic (exact) mass is 420 g/mol. The number of benzene rings is 1. The average Bonchev–Trinajstić information content (AvgIpc) is 2.62. The molecule has 1 aliphatic carbocycles. The van der Waals surface area contributed by atoms with Gasteiger partial charge in [-0.15, -0.1) is 0 Å². The first-order valence-electron chi connectivity index (χ1n) is 9.24. The Bertz CT molecular complexity index is 916. The molecule has 0 saturated heterocycles. The van der Waals surface area contributed by atoms with Crippen LogP contribution in [-0.4, -0.2) is 22.2 Å². The molecule has 3 rings (SSSR count). The summed E-state index contributed by atoms with van der Waals surface area (Å²) in [6.07, 6.45) is 3.60. The molecule has 2 aliphatic rings. The molecule has 1 amide bonds. The van der Waals surface area contributed by atoms with Crippen molar-refractivity contribution in [1.82, 2.24) is 5.32 Å². The van der Waals surface area contributed by atoms with Crippen LogP contribution in [0.15, 0.2) is 66.2 Å². The Kier molecular flexibility index (Phi) is 5.56. The fourth-order valence-electron chi connectivity index (χ4n) is 4.29. The number of amidine groups is 1.